The van der Waals surface area contributed by atoms with Gasteiger partial charge in [0.25, 0.3) is 0 Å². The van der Waals surface area contributed by atoms with E-state index in [4.69, 9.17) is 0 Å². The minimum atomic E-state index is -0.696. The van der Waals surface area contributed by atoms with Crippen LogP contribution in [0.2, 0.25) is 0 Å². The number of tetrazole rings is 1. The Balaban J connectivity index is 1.66. The zero-order valence-corrected chi connectivity index (χ0v) is 16.5. The van der Waals surface area contributed by atoms with E-state index in [1.165, 1.54) is 6.33 Å². The summed E-state index contributed by atoms with van der Waals surface area (Å²) in [6, 6.07) is 13.3. The molecule has 9 heteroatoms. The first-order valence-electron chi connectivity index (χ1n) is 9.21. The van der Waals surface area contributed by atoms with Gasteiger partial charge in [0.2, 0.25) is 5.91 Å². The van der Waals surface area contributed by atoms with Crippen LogP contribution in [0.1, 0.15) is 19.4 Å². The summed E-state index contributed by atoms with van der Waals surface area (Å²) in [5.41, 5.74) is 2.99. The van der Waals surface area contributed by atoms with E-state index in [1.54, 1.807) is 22.9 Å². The molecule has 150 valence electrons. The maximum absolute atomic E-state index is 12.8. The summed E-state index contributed by atoms with van der Waals surface area (Å²) in [6.45, 7) is 5.65. The highest BCUT2D eigenvalue weighted by Gasteiger charge is 2.24. The number of carbonyl (C=O) groups is 2. The number of hydrogen-bond donors (Lipinski definition) is 3. The Morgan fingerprint density at radius 3 is 2.38 bits per heavy atom. The average molecular weight is 393 g/mol. The predicted octanol–water partition coefficient (Wildman–Crippen LogP) is 2.76. The SMILES string of the molecule is Cc1cc(NC(=O)C(NC(=O)Nc2ccccc2)C(C)C)ccc1-n1cnnn1. The fourth-order valence-corrected chi connectivity index (χ4v) is 2.85. The number of hydrogen-bond acceptors (Lipinski definition) is 5. The standard InChI is InChI=1S/C20H23N7O2/c1-13(2)18(24-20(29)23-15-7-5-4-6-8-15)19(28)22-16-9-10-17(14(3)11-16)27-12-21-25-26-27/h4-13,18H,1-3H3,(H,22,28)(H2,23,24,29). The Morgan fingerprint density at radius 2 is 1.76 bits per heavy atom. The molecule has 9 nitrogen and oxygen atoms in total. The van der Waals surface area contributed by atoms with E-state index >= 15 is 0 Å². The van der Waals surface area contributed by atoms with Crippen molar-refractivity contribution in [3.05, 3.63) is 60.4 Å². The first-order chi connectivity index (χ1) is 13.9. The monoisotopic (exact) mass is 393 g/mol. The zero-order valence-electron chi connectivity index (χ0n) is 16.5. The smallest absolute Gasteiger partial charge is 0.319 e. The third kappa shape index (κ3) is 5.16. The molecule has 2 aromatic carbocycles. The lowest BCUT2D eigenvalue weighted by Crippen LogP contribution is -2.48. The number of rotatable bonds is 6. The fourth-order valence-electron chi connectivity index (χ4n) is 2.85. The van der Waals surface area contributed by atoms with E-state index in [0.29, 0.717) is 11.4 Å². The van der Waals surface area contributed by atoms with Crippen molar-refractivity contribution in [1.29, 1.82) is 0 Å². The van der Waals surface area contributed by atoms with Crippen molar-refractivity contribution in [2.75, 3.05) is 10.6 Å². The van der Waals surface area contributed by atoms with E-state index in [2.05, 4.69) is 31.5 Å². The minimum Gasteiger partial charge on any atom is -0.326 e. The number of nitrogens with zero attached hydrogens (tertiary/aromatic N) is 4. The number of anilines is 2. The molecule has 3 rings (SSSR count). The van der Waals surface area contributed by atoms with Gasteiger partial charge in [-0.25, -0.2) is 9.48 Å². The molecule has 0 aliphatic rings. The molecule has 1 unspecified atom stereocenters. The van der Waals surface area contributed by atoms with E-state index in [-0.39, 0.29) is 11.8 Å². The van der Waals surface area contributed by atoms with Crippen molar-refractivity contribution in [1.82, 2.24) is 25.5 Å². The lowest BCUT2D eigenvalue weighted by Gasteiger charge is -2.22. The highest BCUT2D eigenvalue weighted by molar-refractivity contribution is 5.99. The van der Waals surface area contributed by atoms with Gasteiger partial charge in [0.15, 0.2) is 0 Å². The molecule has 0 aliphatic heterocycles. The van der Waals surface area contributed by atoms with Crippen molar-refractivity contribution < 1.29 is 9.59 Å². The van der Waals surface area contributed by atoms with E-state index in [1.807, 2.05) is 51.1 Å². The van der Waals surface area contributed by atoms with Crippen molar-refractivity contribution in [2.24, 2.45) is 5.92 Å². The van der Waals surface area contributed by atoms with Crippen LogP contribution in [0.3, 0.4) is 0 Å². The van der Waals surface area contributed by atoms with Crippen LogP contribution in [-0.4, -0.2) is 38.2 Å². The Labute approximate surface area is 168 Å². The van der Waals surface area contributed by atoms with Crippen LogP contribution in [0.4, 0.5) is 16.2 Å². The Hall–Kier alpha value is -3.75. The summed E-state index contributed by atoms with van der Waals surface area (Å²) in [5, 5.41) is 19.5. The van der Waals surface area contributed by atoms with Gasteiger partial charge in [-0.3, -0.25) is 4.79 Å². The molecule has 0 bridgehead atoms. The summed E-state index contributed by atoms with van der Waals surface area (Å²) >= 11 is 0. The normalized spacial score (nSPS) is 11.7. The molecule has 3 N–H and O–H groups in total. The molecule has 1 aromatic heterocycles. The number of aromatic nitrogens is 4. The van der Waals surface area contributed by atoms with Crippen molar-refractivity contribution in [3.8, 4) is 5.69 Å². The molecule has 3 aromatic rings. The van der Waals surface area contributed by atoms with Gasteiger partial charge in [0.1, 0.15) is 12.4 Å². The van der Waals surface area contributed by atoms with Gasteiger partial charge in [-0.2, -0.15) is 0 Å². The van der Waals surface area contributed by atoms with Gasteiger partial charge in [-0.1, -0.05) is 32.0 Å². The molecule has 0 saturated heterocycles. The first-order valence-corrected chi connectivity index (χ1v) is 9.21. The average Bonchev–Trinajstić information content (AvgIpc) is 3.21. The quantitative estimate of drug-likeness (QED) is 0.596. The molecular weight excluding hydrogens is 370 g/mol. The molecule has 3 amide bonds. The van der Waals surface area contributed by atoms with Crippen LogP contribution in [-0.2, 0) is 4.79 Å². The van der Waals surface area contributed by atoms with Crippen molar-refractivity contribution >= 4 is 23.3 Å². The van der Waals surface area contributed by atoms with E-state index in [0.717, 1.165) is 11.3 Å². The van der Waals surface area contributed by atoms with Crippen LogP contribution in [0.5, 0.6) is 0 Å². The fraction of sp³-hybridized carbons (Fsp3) is 0.250. The van der Waals surface area contributed by atoms with Gasteiger partial charge in [0.05, 0.1) is 5.69 Å². The van der Waals surface area contributed by atoms with Gasteiger partial charge in [0, 0.05) is 11.4 Å². The molecular formula is C20H23N7O2. The molecule has 0 radical (unpaired) electrons. The van der Waals surface area contributed by atoms with Gasteiger partial charge in [-0.15, -0.1) is 5.10 Å². The lowest BCUT2D eigenvalue weighted by molar-refractivity contribution is -0.118. The van der Waals surface area contributed by atoms with Gasteiger partial charge in [-0.05, 0) is 59.2 Å². The largest absolute Gasteiger partial charge is 0.326 e. The van der Waals surface area contributed by atoms with Crippen LogP contribution >= 0.6 is 0 Å². The summed E-state index contributed by atoms with van der Waals surface area (Å²) in [6.07, 6.45) is 1.50. The molecule has 0 fully saturated rings. The Bertz CT molecular complexity index is 972. The summed E-state index contributed by atoms with van der Waals surface area (Å²) in [7, 11) is 0. The maximum atomic E-state index is 12.8. The van der Waals surface area contributed by atoms with Crippen LogP contribution in [0, 0.1) is 12.8 Å². The second-order valence-corrected chi connectivity index (χ2v) is 6.93. The van der Waals surface area contributed by atoms with Crippen LogP contribution in [0.25, 0.3) is 5.69 Å². The highest BCUT2D eigenvalue weighted by atomic mass is 16.2. The number of amides is 3. The molecule has 0 spiro atoms. The molecule has 0 saturated carbocycles. The maximum Gasteiger partial charge on any atom is 0.319 e. The van der Waals surface area contributed by atoms with E-state index in [9.17, 15) is 9.59 Å². The summed E-state index contributed by atoms with van der Waals surface area (Å²) in [5.74, 6) is -0.393. The van der Waals surface area contributed by atoms with Gasteiger partial charge >= 0.3 is 6.03 Å². The summed E-state index contributed by atoms with van der Waals surface area (Å²) < 4.78 is 1.55. The Morgan fingerprint density at radius 1 is 1.00 bits per heavy atom. The Kier molecular flexibility index (Phi) is 6.18. The topological polar surface area (TPSA) is 114 Å². The number of urea groups is 1. The van der Waals surface area contributed by atoms with Crippen molar-refractivity contribution in [3.63, 3.8) is 0 Å². The molecule has 0 aliphatic carbocycles. The third-order valence-electron chi connectivity index (χ3n) is 4.33. The first kappa shape index (κ1) is 20.0. The van der Waals surface area contributed by atoms with Crippen LogP contribution in [0.15, 0.2) is 54.9 Å². The third-order valence-corrected chi connectivity index (χ3v) is 4.33. The number of nitrogens with one attached hydrogen (secondary N) is 3. The van der Waals surface area contributed by atoms with Crippen molar-refractivity contribution in [2.45, 2.75) is 26.8 Å². The number of carbonyl (C=O) groups excluding carboxylic acids is 2. The molecule has 1 atom stereocenters. The zero-order chi connectivity index (χ0) is 20.8. The molecule has 29 heavy (non-hydrogen) atoms. The lowest BCUT2D eigenvalue weighted by atomic mass is 10.0. The minimum absolute atomic E-state index is 0.0990. The van der Waals surface area contributed by atoms with Gasteiger partial charge < -0.3 is 16.0 Å². The summed E-state index contributed by atoms with van der Waals surface area (Å²) in [4.78, 5) is 25.1. The molecule has 1 heterocycles. The van der Waals surface area contributed by atoms with Crippen LogP contribution < -0.4 is 16.0 Å². The predicted molar refractivity (Wildman–Crippen MR) is 110 cm³/mol. The highest BCUT2D eigenvalue weighted by Crippen LogP contribution is 2.18. The number of aryl methyl sites for hydroxylation is 1. The number of benzene rings is 2. The van der Waals surface area contributed by atoms with E-state index < -0.39 is 12.1 Å². The second-order valence-electron chi connectivity index (χ2n) is 6.93. The number of para-hydroxylation sites is 1. The second kappa shape index (κ2) is 8.96.